The summed E-state index contributed by atoms with van der Waals surface area (Å²) < 4.78 is 0. The van der Waals surface area contributed by atoms with Crippen LogP contribution in [0, 0.1) is 11.8 Å². The van der Waals surface area contributed by atoms with Crippen LogP contribution in [0.4, 0.5) is 0 Å². The smallest absolute Gasteiger partial charge is 0.211 e. The van der Waals surface area contributed by atoms with Gasteiger partial charge in [-0.15, -0.1) is 0 Å². The molecule has 4 nitrogen and oxygen atoms in total. The molecule has 0 bridgehead atoms. The summed E-state index contributed by atoms with van der Waals surface area (Å²) in [4.78, 5) is 27.3. The highest BCUT2D eigenvalue weighted by molar-refractivity contribution is 5.37. The highest BCUT2D eigenvalue weighted by Gasteiger charge is 2.25. The molecule has 0 radical (unpaired) electrons. The van der Waals surface area contributed by atoms with E-state index in [0.717, 1.165) is 31.6 Å². The van der Waals surface area contributed by atoms with Crippen LogP contribution in [-0.4, -0.2) is 18.3 Å². The average molecular weight is 194 g/mol. The number of hydrogen-bond donors (Lipinski definition) is 0. The molecule has 0 aromatic carbocycles. The van der Waals surface area contributed by atoms with Gasteiger partial charge in [0.25, 0.3) is 0 Å². The maximum absolute atomic E-state index is 10.1. The minimum atomic E-state index is -0.544. The van der Waals surface area contributed by atoms with E-state index in [9.17, 15) is 9.59 Å². The van der Waals surface area contributed by atoms with E-state index < -0.39 is 6.17 Å². The molecule has 0 N–H and O–H groups in total. The van der Waals surface area contributed by atoms with Crippen LogP contribution in [0.5, 0.6) is 0 Å². The SMILES string of the molecule is CC1CCC(C(N=C=O)N=C=O)CC1. The molecule has 0 spiro atoms. The van der Waals surface area contributed by atoms with Crippen molar-refractivity contribution in [1.29, 1.82) is 0 Å². The van der Waals surface area contributed by atoms with Crippen molar-refractivity contribution in [2.75, 3.05) is 0 Å². The third-order valence-corrected chi connectivity index (χ3v) is 2.85. The van der Waals surface area contributed by atoms with Gasteiger partial charge >= 0.3 is 0 Å². The largest absolute Gasteiger partial charge is 0.237 e. The van der Waals surface area contributed by atoms with Crippen LogP contribution in [0.3, 0.4) is 0 Å². The summed E-state index contributed by atoms with van der Waals surface area (Å²) in [6.07, 6.45) is 6.56. The molecule has 1 saturated carbocycles. The van der Waals surface area contributed by atoms with Crippen LogP contribution in [0.1, 0.15) is 32.6 Å². The first-order valence-electron chi connectivity index (χ1n) is 4.92. The summed E-state index contributed by atoms with van der Waals surface area (Å²) in [6.45, 7) is 2.21. The van der Waals surface area contributed by atoms with Crippen LogP contribution in [0.2, 0.25) is 0 Å². The van der Waals surface area contributed by atoms with Gasteiger partial charge in [-0.3, -0.25) is 0 Å². The van der Waals surface area contributed by atoms with Gasteiger partial charge in [0.15, 0.2) is 6.17 Å². The van der Waals surface area contributed by atoms with Crippen molar-refractivity contribution >= 4 is 12.2 Å². The quantitative estimate of drug-likeness (QED) is 0.508. The Hall–Kier alpha value is -1.24. The van der Waals surface area contributed by atoms with Gasteiger partial charge < -0.3 is 0 Å². The molecule has 1 aliphatic carbocycles. The molecule has 1 aliphatic rings. The van der Waals surface area contributed by atoms with E-state index in [0.29, 0.717) is 0 Å². The Morgan fingerprint density at radius 2 is 1.57 bits per heavy atom. The third-order valence-electron chi connectivity index (χ3n) is 2.85. The molecule has 0 amide bonds. The summed E-state index contributed by atoms with van der Waals surface area (Å²) in [5.41, 5.74) is 0. The first-order chi connectivity index (χ1) is 6.77. The Kier molecular flexibility index (Phi) is 4.24. The lowest BCUT2D eigenvalue weighted by molar-refractivity contribution is 0.258. The normalized spacial score (nSPS) is 28.4. The lowest BCUT2D eigenvalue weighted by Crippen LogP contribution is -2.22. The Morgan fingerprint density at radius 1 is 1.07 bits per heavy atom. The number of hydrogen-bond acceptors (Lipinski definition) is 4. The van der Waals surface area contributed by atoms with Gasteiger partial charge in [-0.2, -0.15) is 9.98 Å². The molecule has 0 aromatic rings. The lowest BCUT2D eigenvalue weighted by atomic mass is 9.81. The van der Waals surface area contributed by atoms with Gasteiger partial charge in [-0.05, 0) is 18.8 Å². The van der Waals surface area contributed by atoms with Gasteiger partial charge in [-0.25, -0.2) is 9.59 Å². The zero-order valence-electron chi connectivity index (χ0n) is 8.27. The molecule has 0 heterocycles. The van der Waals surface area contributed by atoms with Crippen LogP contribution >= 0.6 is 0 Å². The minimum absolute atomic E-state index is 0.217. The van der Waals surface area contributed by atoms with Crippen molar-refractivity contribution in [2.45, 2.75) is 38.8 Å². The first kappa shape index (κ1) is 10.8. The number of aliphatic imine (C=N–C) groups is 2. The molecular weight excluding hydrogens is 180 g/mol. The molecule has 0 aromatic heterocycles. The van der Waals surface area contributed by atoms with Crippen molar-refractivity contribution in [1.82, 2.24) is 0 Å². The van der Waals surface area contributed by atoms with Crippen molar-refractivity contribution < 1.29 is 9.59 Å². The standard InChI is InChI=1S/C10H14N2O2/c1-8-2-4-9(5-3-8)10(11-6-13)12-7-14/h8-10H,2-5H2,1H3. The maximum Gasteiger partial charge on any atom is 0.237 e. The molecule has 0 unspecified atom stereocenters. The fraction of sp³-hybridized carbons (Fsp3) is 0.800. The van der Waals surface area contributed by atoms with Crippen molar-refractivity contribution in [3.05, 3.63) is 0 Å². The first-order valence-corrected chi connectivity index (χ1v) is 4.92. The zero-order chi connectivity index (χ0) is 10.4. The molecule has 1 fully saturated rings. The van der Waals surface area contributed by atoms with Gasteiger partial charge in [0.2, 0.25) is 12.2 Å². The lowest BCUT2D eigenvalue weighted by Gasteiger charge is -2.27. The second-order valence-corrected chi connectivity index (χ2v) is 3.87. The highest BCUT2D eigenvalue weighted by atomic mass is 16.1. The molecule has 14 heavy (non-hydrogen) atoms. The van der Waals surface area contributed by atoms with Crippen LogP contribution in [0.25, 0.3) is 0 Å². The zero-order valence-corrected chi connectivity index (χ0v) is 8.27. The van der Waals surface area contributed by atoms with Crippen LogP contribution in [-0.2, 0) is 9.59 Å². The Bertz CT molecular complexity index is 252. The van der Waals surface area contributed by atoms with E-state index in [4.69, 9.17) is 0 Å². The Labute approximate surface area is 83.1 Å². The monoisotopic (exact) mass is 194 g/mol. The second-order valence-electron chi connectivity index (χ2n) is 3.87. The van der Waals surface area contributed by atoms with E-state index in [1.807, 2.05) is 0 Å². The highest BCUT2D eigenvalue weighted by Crippen LogP contribution is 2.31. The molecule has 0 aliphatic heterocycles. The van der Waals surface area contributed by atoms with Gasteiger partial charge in [0.05, 0.1) is 0 Å². The fourth-order valence-electron chi connectivity index (χ4n) is 1.93. The van der Waals surface area contributed by atoms with E-state index in [1.54, 1.807) is 0 Å². The number of nitrogens with zero attached hydrogens (tertiary/aromatic N) is 2. The number of carbonyl (C=O) groups excluding carboxylic acids is 2. The maximum atomic E-state index is 10.1. The third kappa shape index (κ3) is 2.91. The Morgan fingerprint density at radius 3 is 2.00 bits per heavy atom. The predicted octanol–water partition coefficient (Wildman–Crippen LogP) is 1.81. The summed E-state index contributed by atoms with van der Waals surface area (Å²) in [5, 5.41) is 0. The predicted molar refractivity (Wildman–Crippen MR) is 51.2 cm³/mol. The molecule has 0 atom stereocenters. The topological polar surface area (TPSA) is 58.9 Å². The summed E-state index contributed by atoms with van der Waals surface area (Å²) in [5.74, 6) is 0.946. The molecule has 0 saturated heterocycles. The molecule has 76 valence electrons. The van der Waals surface area contributed by atoms with Gasteiger partial charge in [0.1, 0.15) is 0 Å². The average Bonchev–Trinajstić information content (AvgIpc) is 2.19. The molecule has 1 rings (SSSR count). The summed E-state index contributed by atoms with van der Waals surface area (Å²) >= 11 is 0. The molecular formula is C10H14N2O2. The van der Waals surface area contributed by atoms with E-state index >= 15 is 0 Å². The fourth-order valence-corrected chi connectivity index (χ4v) is 1.93. The number of rotatable bonds is 3. The van der Waals surface area contributed by atoms with Crippen molar-refractivity contribution in [3.63, 3.8) is 0 Å². The van der Waals surface area contributed by atoms with Crippen molar-refractivity contribution in [3.8, 4) is 0 Å². The number of isocyanates is 2. The summed E-state index contributed by atoms with van der Waals surface area (Å²) in [6, 6.07) is 0. The molecule has 4 heteroatoms. The van der Waals surface area contributed by atoms with E-state index in [1.165, 1.54) is 12.2 Å². The minimum Gasteiger partial charge on any atom is -0.211 e. The van der Waals surface area contributed by atoms with E-state index in [-0.39, 0.29) is 5.92 Å². The van der Waals surface area contributed by atoms with Crippen molar-refractivity contribution in [2.24, 2.45) is 21.8 Å². The van der Waals surface area contributed by atoms with Crippen LogP contribution in [0.15, 0.2) is 9.98 Å². The van der Waals surface area contributed by atoms with E-state index in [2.05, 4.69) is 16.9 Å². The Balaban J connectivity index is 2.60. The van der Waals surface area contributed by atoms with Crippen LogP contribution < -0.4 is 0 Å². The second kappa shape index (κ2) is 5.48. The summed E-state index contributed by atoms with van der Waals surface area (Å²) in [7, 11) is 0. The van der Waals surface area contributed by atoms with Gasteiger partial charge in [0, 0.05) is 5.92 Å². The van der Waals surface area contributed by atoms with Gasteiger partial charge in [-0.1, -0.05) is 19.8 Å².